The van der Waals surface area contributed by atoms with Gasteiger partial charge in [-0.1, -0.05) is 0 Å². The second kappa shape index (κ2) is 4.37. The van der Waals surface area contributed by atoms with Gasteiger partial charge in [0, 0.05) is 13.2 Å². The zero-order valence-corrected chi connectivity index (χ0v) is 9.64. The fraction of sp³-hybridized carbons (Fsp3) is 0.250. The standard InChI is InChI=1S/C12H12N2O3/c1-8-3-4-12(17-8)11(16)7-10(15)9-5-6-14(2)13-9/h3-6H,7H2,1-2H3. The van der Waals surface area contributed by atoms with Crippen LogP contribution in [0.3, 0.4) is 0 Å². The number of carbonyl (C=O) groups excluding carboxylic acids is 2. The van der Waals surface area contributed by atoms with Crippen LogP contribution in [0.2, 0.25) is 0 Å². The lowest BCUT2D eigenvalue weighted by Gasteiger charge is -1.95. The first-order chi connectivity index (χ1) is 8.06. The summed E-state index contributed by atoms with van der Waals surface area (Å²) in [6, 6.07) is 4.85. The normalized spacial score (nSPS) is 10.5. The van der Waals surface area contributed by atoms with Gasteiger partial charge in [-0.25, -0.2) is 0 Å². The minimum Gasteiger partial charge on any atom is -0.458 e. The smallest absolute Gasteiger partial charge is 0.205 e. The SMILES string of the molecule is Cc1ccc(C(=O)CC(=O)c2ccn(C)n2)o1. The molecule has 0 atom stereocenters. The largest absolute Gasteiger partial charge is 0.458 e. The highest BCUT2D eigenvalue weighted by molar-refractivity contribution is 6.11. The van der Waals surface area contributed by atoms with E-state index in [2.05, 4.69) is 5.10 Å². The van der Waals surface area contributed by atoms with Crippen molar-refractivity contribution in [2.45, 2.75) is 13.3 Å². The number of hydrogen-bond acceptors (Lipinski definition) is 4. The van der Waals surface area contributed by atoms with E-state index in [1.54, 1.807) is 38.4 Å². The molecular weight excluding hydrogens is 220 g/mol. The van der Waals surface area contributed by atoms with Crippen LogP contribution in [0.1, 0.15) is 33.2 Å². The van der Waals surface area contributed by atoms with E-state index in [-0.39, 0.29) is 23.7 Å². The summed E-state index contributed by atoms with van der Waals surface area (Å²) in [5, 5.41) is 3.95. The van der Waals surface area contributed by atoms with Crippen molar-refractivity contribution in [3.63, 3.8) is 0 Å². The third-order valence-corrected chi connectivity index (χ3v) is 2.34. The van der Waals surface area contributed by atoms with Gasteiger partial charge in [0.05, 0.1) is 6.42 Å². The van der Waals surface area contributed by atoms with Gasteiger partial charge < -0.3 is 4.42 Å². The Balaban J connectivity index is 2.07. The summed E-state index contributed by atoms with van der Waals surface area (Å²) in [5.41, 5.74) is 0.295. The molecule has 0 saturated heterocycles. The Morgan fingerprint density at radius 3 is 2.59 bits per heavy atom. The van der Waals surface area contributed by atoms with Crippen molar-refractivity contribution in [2.75, 3.05) is 0 Å². The Hall–Kier alpha value is -2.17. The second-order valence-electron chi connectivity index (χ2n) is 3.81. The Bertz CT molecular complexity index is 516. The summed E-state index contributed by atoms with van der Waals surface area (Å²) in [4.78, 5) is 23.4. The molecule has 2 aromatic heterocycles. The van der Waals surface area contributed by atoms with Crippen molar-refractivity contribution in [1.82, 2.24) is 9.78 Å². The van der Waals surface area contributed by atoms with Crippen molar-refractivity contribution in [1.29, 1.82) is 0 Å². The van der Waals surface area contributed by atoms with Gasteiger partial charge in [-0.3, -0.25) is 14.3 Å². The Labute approximate surface area is 98.0 Å². The monoisotopic (exact) mass is 232 g/mol. The minimum absolute atomic E-state index is 0.215. The predicted octanol–water partition coefficient (Wildman–Crippen LogP) is 1.78. The average molecular weight is 232 g/mol. The molecule has 0 N–H and O–H groups in total. The fourth-order valence-corrected chi connectivity index (χ4v) is 1.47. The molecule has 5 nitrogen and oxygen atoms in total. The van der Waals surface area contributed by atoms with E-state index in [0.29, 0.717) is 11.5 Å². The van der Waals surface area contributed by atoms with Crippen LogP contribution in [0.15, 0.2) is 28.8 Å². The number of nitrogens with zero attached hydrogens (tertiary/aromatic N) is 2. The van der Waals surface area contributed by atoms with Crippen LogP contribution in [0.5, 0.6) is 0 Å². The van der Waals surface area contributed by atoms with Crippen LogP contribution in [-0.2, 0) is 7.05 Å². The molecular formula is C12H12N2O3. The first-order valence-corrected chi connectivity index (χ1v) is 5.19. The van der Waals surface area contributed by atoms with Crippen molar-refractivity contribution < 1.29 is 14.0 Å². The molecule has 2 aromatic rings. The zero-order valence-electron chi connectivity index (χ0n) is 9.64. The van der Waals surface area contributed by atoms with Gasteiger partial charge >= 0.3 is 0 Å². The van der Waals surface area contributed by atoms with Crippen molar-refractivity contribution in [3.8, 4) is 0 Å². The minimum atomic E-state index is -0.325. The maximum Gasteiger partial charge on any atom is 0.205 e. The molecule has 0 aromatic carbocycles. The molecule has 0 aliphatic carbocycles. The number of carbonyl (C=O) groups is 2. The molecule has 0 unspecified atom stereocenters. The third-order valence-electron chi connectivity index (χ3n) is 2.34. The Morgan fingerprint density at radius 1 is 1.29 bits per heavy atom. The summed E-state index contributed by atoms with van der Waals surface area (Å²) in [6.45, 7) is 1.75. The lowest BCUT2D eigenvalue weighted by atomic mass is 10.1. The van der Waals surface area contributed by atoms with Gasteiger partial charge in [0.1, 0.15) is 11.5 Å². The number of aryl methyl sites for hydroxylation is 2. The first-order valence-electron chi connectivity index (χ1n) is 5.19. The topological polar surface area (TPSA) is 65.1 Å². The number of Topliss-reactive ketones (excluding diaryl/α,β-unsaturated/α-hetero) is 2. The van der Waals surface area contributed by atoms with Crippen LogP contribution >= 0.6 is 0 Å². The molecule has 17 heavy (non-hydrogen) atoms. The van der Waals surface area contributed by atoms with Crippen LogP contribution in [-0.4, -0.2) is 21.3 Å². The summed E-state index contributed by atoms with van der Waals surface area (Å²) in [6.07, 6.45) is 1.44. The van der Waals surface area contributed by atoms with Gasteiger partial charge in [0.2, 0.25) is 5.78 Å². The zero-order chi connectivity index (χ0) is 12.4. The number of furan rings is 1. The van der Waals surface area contributed by atoms with E-state index in [0.717, 1.165) is 0 Å². The van der Waals surface area contributed by atoms with Crippen LogP contribution in [0, 0.1) is 6.92 Å². The summed E-state index contributed by atoms with van der Waals surface area (Å²) < 4.78 is 6.68. The van der Waals surface area contributed by atoms with Gasteiger partial charge in [-0.05, 0) is 25.1 Å². The molecule has 0 aliphatic rings. The molecule has 0 radical (unpaired) electrons. The fourth-order valence-electron chi connectivity index (χ4n) is 1.47. The highest BCUT2D eigenvalue weighted by Crippen LogP contribution is 2.11. The number of ketones is 2. The molecule has 0 bridgehead atoms. The highest BCUT2D eigenvalue weighted by atomic mass is 16.3. The van der Waals surface area contributed by atoms with E-state index >= 15 is 0 Å². The van der Waals surface area contributed by atoms with Crippen LogP contribution < -0.4 is 0 Å². The number of hydrogen-bond donors (Lipinski definition) is 0. The summed E-state index contributed by atoms with van der Waals surface area (Å²) in [7, 11) is 1.72. The highest BCUT2D eigenvalue weighted by Gasteiger charge is 2.17. The van der Waals surface area contributed by atoms with E-state index < -0.39 is 0 Å². The Kier molecular flexibility index (Phi) is 2.91. The van der Waals surface area contributed by atoms with E-state index in [1.807, 2.05) is 0 Å². The molecule has 0 spiro atoms. The number of aromatic nitrogens is 2. The van der Waals surface area contributed by atoms with Gasteiger partial charge in [0.25, 0.3) is 0 Å². The molecule has 88 valence electrons. The van der Waals surface area contributed by atoms with Crippen molar-refractivity contribution in [2.24, 2.45) is 7.05 Å². The van der Waals surface area contributed by atoms with Crippen LogP contribution in [0.25, 0.3) is 0 Å². The second-order valence-corrected chi connectivity index (χ2v) is 3.81. The molecule has 5 heteroatoms. The van der Waals surface area contributed by atoms with E-state index in [1.165, 1.54) is 4.68 Å². The first kappa shape index (κ1) is 11.3. The molecule has 2 heterocycles. The van der Waals surface area contributed by atoms with Crippen LogP contribution in [0.4, 0.5) is 0 Å². The van der Waals surface area contributed by atoms with E-state index in [9.17, 15) is 9.59 Å². The van der Waals surface area contributed by atoms with Gasteiger partial charge in [-0.15, -0.1) is 0 Å². The average Bonchev–Trinajstić information content (AvgIpc) is 2.87. The molecule has 0 amide bonds. The Morgan fingerprint density at radius 2 is 2.06 bits per heavy atom. The predicted molar refractivity (Wildman–Crippen MR) is 59.9 cm³/mol. The lowest BCUT2D eigenvalue weighted by molar-refractivity contribution is 0.0874. The quantitative estimate of drug-likeness (QED) is 0.595. The summed E-state index contributed by atoms with van der Waals surface area (Å²) >= 11 is 0. The summed E-state index contributed by atoms with van der Waals surface area (Å²) in [5.74, 6) is 0.240. The third kappa shape index (κ3) is 2.50. The molecule has 0 aliphatic heterocycles. The molecule has 0 saturated carbocycles. The molecule has 0 fully saturated rings. The lowest BCUT2D eigenvalue weighted by Crippen LogP contribution is -2.09. The van der Waals surface area contributed by atoms with Crippen molar-refractivity contribution >= 4 is 11.6 Å². The van der Waals surface area contributed by atoms with Gasteiger partial charge in [-0.2, -0.15) is 5.10 Å². The van der Waals surface area contributed by atoms with Crippen molar-refractivity contribution in [3.05, 3.63) is 41.6 Å². The van der Waals surface area contributed by atoms with Gasteiger partial charge in [0.15, 0.2) is 11.5 Å². The van der Waals surface area contributed by atoms with E-state index in [4.69, 9.17) is 4.42 Å². The molecule has 2 rings (SSSR count). The maximum atomic E-state index is 11.7. The number of rotatable bonds is 4. The maximum absolute atomic E-state index is 11.7.